The first kappa shape index (κ1) is 45.0. The van der Waals surface area contributed by atoms with Crippen molar-refractivity contribution in [2.45, 2.75) is 52.6 Å². The van der Waals surface area contributed by atoms with E-state index in [9.17, 15) is 33.9 Å². The highest BCUT2D eigenvalue weighted by Crippen LogP contribution is 2.27. The molecule has 2 atom stereocenters. The van der Waals surface area contributed by atoms with Crippen LogP contribution in [0.2, 0.25) is 0 Å². The topological polar surface area (TPSA) is 215 Å². The summed E-state index contributed by atoms with van der Waals surface area (Å²) in [6.07, 6.45) is -0.0615. The number of rotatable bonds is 17. The molecule has 3 aromatic carbocycles. The van der Waals surface area contributed by atoms with Crippen LogP contribution in [0.15, 0.2) is 77.7 Å². The van der Waals surface area contributed by atoms with Crippen molar-refractivity contribution in [3.8, 4) is 0 Å². The van der Waals surface area contributed by atoms with Gasteiger partial charge in [-0.25, -0.2) is 18.8 Å². The van der Waals surface area contributed by atoms with Crippen molar-refractivity contribution < 1.29 is 42.9 Å². The molecule has 1 unspecified atom stereocenters. The Morgan fingerprint density at radius 2 is 1.57 bits per heavy atom. The lowest BCUT2D eigenvalue weighted by molar-refractivity contribution is -0.128. The Morgan fingerprint density at radius 1 is 0.900 bits per heavy atom. The number of carboxylic acid groups (broad SMARTS) is 1. The van der Waals surface area contributed by atoms with Crippen LogP contribution in [-0.4, -0.2) is 101 Å². The average molecular weight is 848 g/mol. The molecule has 16 nitrogen and oxygen atoms in total. The number of ether oxygens (including phenoxy) is 2. The molecule has 0 aliphatic carbocycles. The number of amides is 4. The van der Waals surface area contributed by atoms with Gasteiger partial charge in [0.2, 0.25) is 17.2 Å². The maximum atomic E-state index is 15.3. The molecule has 1 aliphatic rings. The molecule has 6 N–H and O–H groups in total. The van der Waals surface area contributed by atoms with Crippen LogP contribution in [0, 0.1) is 11.7 Å². The third kappa shape index (κ3) is 11.7. The zero-order chi connectivity index (χ0) is 43.3. The number of nitrogens with one attached hydrogen (secondary N) is 3. The first-order valence-corrected chi connectivity index (χ1v) is 20.7. The second-order valence-corrected chi connectivity index (χ2v) is 15.5. The number of hydrogen-bond donors (Lipinski definition) is 5. The van der Waals surface area contributed by atoms with Crippen LogP contribution in [0.5, 0.6) is 0 Å². The molecule has 4 aromatic rings. The molecular formula is C42H50FN7O9S. The van der Waals surface area contributed by atoms with E-state index in [4.69, 9.17) is 15.2 Å². The lowest BCUT2D eigenvalue weighted by atomic mass is 10.0. The lowest BCUT2D eigenvalue weighted by Crippen LogP contribution is -2.55. The van der Waals surface area contributed by atoms with Crippen LogP contribution in [-0.2, 0) is 38.8 Å². The van der Waals surface area contributed by atoms with Gasteiger partial charge >= 0.3 is 18.2 Å². The summed E-state index contributed by atoms with van der Waals surface area (Å²) >= 11 is 1.40. The number of halogens is 1. The number of aryl methyl sites for hydroxylation is 1. The average Bonchev–Trinajstić information content (AvgIpc) is 3.24. The Hall–Kier alpha value is -6.14. The first-order chi connectivity index (χ1) is 28.8. The number of anilines is 2. The molecule has 1 fully saturated rings. The largest absolute Gasteiger partial charge is 0.477 e. The van der Waals surface area contributed by atoms with Gasteiger partial charge in [-0.3, -0.25) is 14.4 Å². The van der Waals surface area contributed by atoms with Crippen LogP contribution >= 0.6 is 11.8 Å². The Morgan fingerprint density at radius 3 is 2.20 bits per heavy atom. The fourth-order valence-corrected chi connectivity index (χ4v) is 7.30. The quantitative estimate of drug-likeness (QED) is 0.0937. The van der Waals surface area contributed by atoms with E-state index in [2.05, 4.69) is 16.0 Å². The van der Waals surface area contributed by atoms with E-state index in [1.54, 1.807) is 54.5 Å². The summed E-state index contributed by atoms with van der Waals surface area (Å²) in [6.45, 7) is 7.12. The highest BCUT2D eigenvalue weighted by molar-refractivity contribution is 7.99. The van der Waals surface area contributed by atoms with E-state index in [1.165, 1.54) is 28.9 Å². The molecule has 1 aromatic heterocycles. The number of carboxylic acids is 1. The van der Waals surface area contributed by atoms with Crippen molar-refractivity contribution >= 4 is 64.0 Å². The number of piperazine rings is 1. The summed E-state index contributed by atoms with van der Waals surface area (Å²) in [5.41, 5.74) is 7.00. The second-order valence-electron chi connectivity index (χ2n) is 14.4. The third-order valence-electron chi connectivity index (χ3n) is 9.80. The first-order valence-electron chi connectivity index (χ1n) is 19.5. The predicted octanol–water partition coefficient (Wildman–Crippen LogP) is 4.38. The van der Waals surface area contributed by atoms with Crippen LogP contribution < -0.4 is 32.0 Å². The molecule has 0 bridgehead atoms. The van der Waals surface area contributed by atoms with Crippen molar-refractivity contribution in [1.82, 2.24) is 20.1 Å². The van der Waals surface area contributed by atoms with Crippen molar-refractivity contribution in [2.24, 2.45) is 11.7 Å². The summed E-state index contributed by atoms with van der Waals surface area (Å²) in [6, 6.07) is 16.5. The molecule has 1 aliphatic heterocycles. The number of carbonyl (C=O) groups excluding carboxylic acids is 4. The Bertz CT molecular complexity index is 2220. The minimum atomic E-state index is -1.38. The summed E-state index contributed by atoms with van der Waals surface area (Å²) in [5, 5.41) is 17.6. The molecule has 60 heavy (non-hydrogen) atoms. The van der Waals surface area contributed by atoms with E-state index in [0.717, 1.165) is 11.6 Å². The molecule has 0 saturated carbocycles. The molecule has 0 spiro atoms. The predicted molar refractivity (Wildman–Crippen MR) is 227 cm³/mol. The van der Waals surface area contributed by atoms with Gasteiger partial charge in [-0.1, -0.05) is 56.3 Å². The zero-order valence-electron chi connectivity index (χ0n) is 33.6. The van der Waals surface area contributed by atoms with Gasteiger partial charge in [-0.15, -0.1) is 0 Å². The van der Waals surface area contributed by atoms with Gasteiger partial charge in [-0.2, -0.15) is 11.8 Å². The molecule has 320 valence electrons. The zero-order valence-corrected chi connectivity index (χ0v) is 34.5. The van der Waals surface area contributed by atoms with Gasteiger partial charge < -0.3 is 50.6 Å². The number of pyridine rings is 1. The van der Waals surface area contributed by atoms with Crippen molar-refractivity contribution in [3.63, 3.8) is 0 Å². The summed E-state index contributed by atoms with van der Waals surface area (Å²) < 4.78 is 27.8. The van der Waals surface area contributed by atoms with Gasteiger partial charge in [0, 0.05) is 68.0 Å². The van der Waals surface area contributed by atoms with Gasteiger partial charge in [-0.05, 0) is 48.2 Å². The van der Waals surface area contributed by atoms with E-state index >= 15 is 4.39 Å². The van der Waals surface area contributed by atoms with Crippen molar-refractivity contribution in [1.29, 1.82) is 0 Å². The van der Waals surface area contributed by atoms with Gasteiger partial charge in [0.1, 0.15) is 36.7 Å². The highest BCUT2D eigenvalue weighted by atomic mass is 32.2. The number of aromatic nitrogens is 1. The lowest BCUT2D eigenvalue weighted by Gasteiger charge is -2.35. The minimum Gasteiger partial charge on any atom is -0.477 e. The van der Waals surface area contributed by atoms with Gasteiger partial charge in [0.15, 0.2) is 0 Å². The summed E-state index contributed by atoms with van der Waals surface area (Å²) in [5.74, 6) is -2.60. The number of carbonyl (C=O) groups is 5. The standard InChI is InChI=1S/C42H50FN7O9S/c1-4-48-22-31(40(54)55)37(51)30-20-32(43)35(21-34(30)48)49-15-17-50(18-16-49)42(57)59-24-28-10-12-29(13-11-28)45-38(52)33(25-60-19-14-44)46-39(53)36(26(2)3)47-41(56)58-23-27-8-6-5-7-9-27/h5-13,20-22,26,33,36H,4,14-19,23-25,44H2,1-3H3,(H,45,52)(H,46,53)(H,47,56)(H,54,55)/t33-,36?/m0/s1. The van der Waals surface area contributed by atoms with Crippen LogP contribution in [0.4, 0.5) is 25.4 Å². The summed E-state index contributed by atoms with van der Waals surface area (Å²) in [7, 11) is 0. The van der Waals surface area contributed by atoms with E-state index < -0.39 is 58.9 Å². The second kappa shape index (κ2) is 21.2. The Kier molecular flexibility index (Phi) is 15.9. The van der Waals surface area contributed by atoms with E-state index in [0.29, 0.717) is 35.6 Å². The molecular weight excluding hydrogens is 798 g/mol. The molecule has 5 rings (SSSR count). The van der Waals surface area contributed by atoms with Crippen molar-refractivity contribution in [2.75, 3.05) is 54.4 Å². The molecule has 2 heterocycles. The molecule has 18 heteroatoms. The molecule has 0 radical (unpaired) electrons. The maximum Gasteiger partial charge on any atom is 0.410 e. The van der Waals surface area contributed by atoms with Crippen molar-refractivity contribution in [3.05, 3.63) is 106 Å². The van der Waals surface area contributed by atoms with Crippen LogP contribution in [0.3, 0.4) is 0 Å². The van der Waals surface area contributed by atoms with Gasteiger partial charge in [0.05, 0.1) is 11.2 Å². The monoisotopic (exact) mass is 847 g/mol. The minimum absolute atomic E-state index is 0.0223. The molecule has 4 amide bonds. The fraction of sp³-hybridized carbons (Fsp3) is 0.381. The summed E-state index contributed by atoms with van der Waals surface area (Å²) in [4.78, 5) is 80.0. The third-order valence-corrected chi connectivity index (χ3v) is 10.9. The number of hydrogen-bond acceptors (Lipinski definition) is 11. The maximum absolute atomic E-state index is 15.3. The number of nitrogens with two attached hydrogens (primary N) is 1. The fourth-order valence-electron chi connectivity index (χ4n) is 6.49. The van der Waals surface area contributed by atoms with Crippen LogP contribution in [0.1, 0.15) is 42.3 Å². The number of fused-ring (bicyclic) bond motifs is 1. The number of alkyl carbamates (subject to hydrolysis) is 1. The number of aromatic carboxylic acids is 1. The SMILES string of the molecule is CCn1cc(C(=O)O)c(=O)c2cc(F)c(N3CCN(C(=O)OCc4ccc(NC(=O)[C@H](CSCCN)NC(=O)C(NC(=O)OCc5ccccc5)C(C)C)cc4)CC3)cc21. The van der Waals surface area contributed by atoms with Gasteiger partial charge in [0.25, 0.3) is 0 Å². The number of nitrogens with zero attached hydrogens (tertiary/aromatic N) is 3. The highest BCUT2D eigenvalue weighted by Gasteiger charge is 2.30. The van der Waals surface area contributed by atoms with E-state index in [-0.39, 0.29) is 62.1 Å². The Labute approximate surface area is 350 Å². The molecule has 1 saturated heterocycles. The van der Waals surface area contributed by atoms with Crippen LogP contribution in [0.25, 0.3) is 10.9 Å². The number of benzene rings is 3. The smallest absolute Gasteiger partial charge is 0.410 e. The van der Waals surface area contributed by atoms with E-state index in [1.807, 2.05) is 30.3 Å². The normalized spacial score (nSPS) is 13.7. The Balaban J connectivity index is 1.12. The number of thioether (sulfide) groups is 1.